The summed E-state index contributed by atoms with van der Waals surface area (Å²) in [6.07, 6.45) is 1.30. The van der Waals surface area contributed by atoms with Crippen LogP contribution >= 0.6 is 0 Å². The van der Waals surface area contributed by atoms with Crippen molar-refractivity contribution >= 4 is 32.2 Å². The molecule has 2 aromatic rings. The van der Waals surface area contributed by atoms with Crippen LogP contribution in [0.15, 0.2) is 45.2 Å². The maximum Gasteiger partial charge on any atom is 0.475 e. The predicted molar refractivity (Wildman–Crippen MR) is 97.7 cm³/mol. The van der Waals surface area contributed by atoms with Gasteiger partial charge in [-0.3, -0.25) is 4.98 Å². The molecule has 0 amide bonds. The number of aryl methyl sites for hydroxylation is 1. The molecule has 0 saturated carbocycles. The van der Waals surface area contributed by atoms with E-state index < -0.39 is 48.3 Å². The summed E-state index contributed by atoms with van der Waals surface area (Å²) in [5.41, 5.74) is 0.611. The first-order valence-corrected chi connectivity index (χ1v) is 10.5. The van der Waals surface area contributed by atoms with E-state index in [1.165, 1.54) is 26.1 Å². The molecule has 28 heavy (non-hydrogen) atoms. The number of phenolic OH excluding ortho intramolecular Hbond substituents is 1. The summed E-state index contributed by atoms with van der Waals surface area (Å²) in [4.78, 5) is 6.94. The van der Waals surface area contributed by atoms with Gasteiger partial charge in [-0.15, -0.1) is 0 Å². The van der Waals surface area contributed by atoms with Crippen molar-refractivity contribution in [1.29, 1.82) is 0 Å². The zero-order valence-corrected chi connectivity index (χ0v) is 16.3. The van der Waals surface area contributed by atoms with Gasteiger partial charge in [0.15, 0.2) is 26.5 Å². The van der Waals surface area contributed by atoms with Gasteiger partial charge in [-0.05, 0) is 36.8 Å². The second-order valence-corrected chi connectivity index (χ2v) is 9.26. The van der Waals surface area contributed by atoms with E-state index in [-0.39, 0.29) is 16.3 Å². The standard InChI is InChI=1S/C16H16F3N3O4S2/c1-3-28(25,26)14-9(2)6-7-21-13(14)15(20)22-11-8-10(4-5-12(11)23)27(24)16(17,18)19/h4-8,23H,3H2,1-2H3,(H2,20,22). The van der Waals surface area contributed by atoms with Gasteiger partial charge in [-0.2, -0.15) is 13.2 Å². The first-order chi connectivity index (χ1) is 12.9. The third-order valence-electron chi connectivity index (χ3n) is 3.65. The zero-order chi connectivity index (χ0) is 21.3. The Kier molecular flexibility index (Phi) is 6.14. The number of amidine groups is 1. The van der Waals surface area contributed by atoms with E-state index in [0.29, 0.717) is 5.56 Å². The lowest BCUT2D eigenvalue weighted by molar-refractivity contribution is -0.0384. The molecule has 1 unspecified atom stereocenters. The zero-order valence-electron chi connectivity index (χ0n) is 14.7. The van der Waals surface area contributed by atoms with Crippen molar-refractivity contribution in [2.75, 3.05) is 5.75 Å². The number of aliphatic imine (C=N–C) groups is 1. The van der Waals surface area contributed by atoms with Crippen LogP contribution in [0.25, 0.3) is 0 Å². The summed E-state index contributed by atoms with van der Waals surface area (Å²) in [5.74, 6) is -1.19. The van der Waals surface area contributed by atoms with Gasteiger partial charge in [0.25, 0.3) is 0 Å². The molecule has 1 aromatic carbocycles. The highest BCUT2D eigenvalue weighted by atomic mass is 32.2. The first kappa shape index (κ1) is 21.8. The van der Waals surface area contributed by atoms with Gasteiger partial charge < -0.3 is 10.8 Å². The Morgan fingerprint density at radius 3 is 2.54 bits per heavy atom. The summed E-state index contributed by atoms with van der Waals surface area (Å²) in [5, 5.41) is 9.86. The number of rotatable bonds is 5. The largest absolute Gasteiger partial charge is 0.506 e. The molecule has 0 radical (unpaired) electrons. The Hall–Kier alpha value is -2.47. The van der Waals surface area contributed by atoms with Crippen molar-refractivity contribution in [2.24, 2.45) is 10.7 Å². The fourth-order valence-corrected chi connectivity index (χ4v) is 4.27. The summed E-state index contributed by atoms with van der Waals surface area (Å²) >= 11 is 0. The fraction of sp³-hybridized carbons (Fsp3) is 0.250. The van der Waals surface area contributed by atoms with Crippen molar-refractivity contribution in [3.8, 4) is 5.75 Å². The highest BCUT2D eigenvalue weighted by molar-refractivity contribution is 7.91. The number of hydrogen-bond donors (Lipinski definition) is 2. The molecular weight excluding hydrogens is 419 g/mol. The molecule has 0 fully saturated rings. The summed E-state index contributed by atoms with van der Waals surface area (Å²) < 4.78 is 74.2. The Morgan fingerprint density at radius 2 is 1.96 bits per heavy atom. The number of halogens is 3. The number of nitrogens with two attached hydrogens (primary N) is 1. The number of aromatic nitrogens is 1. The van der Waals surface area contributed by atoms with Crippen LogP contribution in [0.5, 0.6) is 5.75 Å². The number of alkyl halides is 3. The van der Waals surface area contributed by atoms with Crippen LogP contribution in [0, 0.1) is 6.92 Å². The van der Waals surface area contributed by atoms with Crippen LogP contribution in [0.3, 0.4) is 0 Å². The van der Waals surface area contributed by atoms with Crippen molar-refractivity contribution in [3.05, 3.63) is 41.7 Å². The van der Waals surface area contributed by atoms with Crippen molar-refractivity contribution in [2.45, 2.75) is 29.1 Å². The van der Waals surface area contributed by atoms with E-state index in [0.717, 1.165) is 18.2 Å². The van der Waals surface area contributed by atoms with Gasteiger partial charge in [0.2, 0.25) is 0 Å². The minimum absolute atomic E-state index is 0.159. The quantitative estimate of drug-likeness (QED) is 0.550. The summed E-state index contributed by atoms with van der Waals surface area (Å²) in [7, 11) is -7.07. The van der Waals surface area contributed by atoms with Crippen LogP contribution in [-0.4, -0.2) is 39.8 Å². The summed E-state index contributed by atoms with van der Waals surface area (Å²) in [6, 6.07) is 3.95. The molecule has 1 heterocycles. The number of sulfone groups is 1. The second-order valence-electron chi connectivity index (χ2n) is 5.57. The van der Waals surface area contributed by atoms with Gasteiger partial charge in [-0.25, -0.2) is 17.6 Å². The Bertz CT molecular complexity index is 1070. The fourth-order valence-electron chi connectivity index (χ4n) is 2.29. The molecule has 1 atom stereocenters. The van der Waals surface area contributed by atoms with Gasteiger partial charge in [-0.1, -0.05) is 6.92 Å². The molecular formula is C16H16F3N3O4S2. The number of nitrogens with zero attached hydrogens (tertiary/aromatic N) is 2. The lowest BCUT2D eigenvalue weighted by Gasteiger charge is -2.12. The highest BCUT2D eigenvalue weighted by Gasteiger charge is 2.38. The molecule has 0 aliphatic carbocycles. The molecule has 0 aliphatic heterocycles. The third-order valence-corrected chi connectivity index (χ3v) is 6.65. The number of aromatic hydroxyl groups is 1. The Morgan fingerprint density at radius 1 is 1.32 bits per heavy atom. The molecule has 0 saturated heterocycles. The molecule has 2 rings (SSSR count). The van der Waals surface area contributed by atoms with Crippen molar-refractivity contribution in [1.82, 2.24) is 4.98 Å². The van der Waals surface area contributed by atoms with E-state index in [9.17, 15) is 30.9 Å². The van der Waals surface area contributed by atoms with Crippen LogP contribution in [0.2, 0.25) is 0 Å². The molecule has 0 aliphatic rings. The van der Waals surface area contributed by atoms with Crippen molar-refractivity contribution < 1.29 is 30.9 Å². The van der Waals surface area contributed by atoms with Crippen LogP contribution in [0.4, 0.5) is 18.9 Å². The normalized spacial score (nSPS) is 14.1. The number of hydrogen-bond acceptors (Lipinski definition) is 6. The number of benzene rings is 1. The Balaban J connectivity index is 2.62. The first-order valence-electron chi connectivity index (χ1n) is 7.73. The minimum atomic E-state index is -5.00. The third kappa shape index (κ3) is 4.50. The molecule has 0 bridgehead atoms. The van der Waals surface area contributed by atoms with Gasteiger partial charge in [0.1, 0.15) is 17.1 Å². The molecule has 7 nitrogen and oxygen atoms in total. The smallest absolute Gasteiger partial charge is 0.475 e. The van der Waals surface area contributed by atoms with E-state index in [1.807, 2.05) is 0 Å². The lowest BCUT2D eigenvalue weighted by Crippen LogP contribution is -2.21. The topological polar surface area (TPSA) is 123 Å². The number of phenols is 1. The van der Waals surface area contributed by atoms with E-state index in [1.54, 1.807) is 0 Å². The predicted octanol–water partition coefficient (Wildman–Crippen LogP) is 2.55. The molecule has 12 heteroatoms. The van der Waals surface area contributed by atoms with E-state index in [4.69, 9.17) is 5.73 Å². The SMILES string of the molecule is CCS(=O)(=O)c1c(C)ccnc1C(N)=Nc1cc(S(=O)C(F)(F)F)ccc1O. The van der Waals surface area contributed by atoms with Gasteiger partial charge >= 0.3 is 5.51 Å². The molecule has 152 valence electrons. The maximum absolute atomic E-state index is 12.7. The van der Waals surface area contributed by atoms with Crippen LogP contribution < -0.4 is 5.73 Å². The molecule has 0 spiro atoms. The van der Waals surface area contributed by atoms with Crippen LogP contribution in [0.1, 0.15) is 18.2 Å². The molecule has 3 N–H and O–H groups in total. The monoisotopic (exact) mass is 435 g/mol. The maximum atomic E-state index is 12.7. The second kappa shape index (κ2) is 7.87. The molecule has 1 aromatic heterocycles. The summed E-state index contributed by atoms with van der Waals surface area (Å²) in [6.45, 7) is 2.96. The van der Waals surface area contributed by atoms with Gasteiger partial charge in [0.05, 0.1) is 15.5 Å². The highest BCUT2D eigenvalue weighted by Crippen LogP contribution is 2.33. The average Bonchev–Trinajstić information content (AvgIpc) is 2.61. The van der Waals surface area contributed by atoms with Crippen molar-refractivity contribution in [3.63, 3.8) is 0 Å². The van der Waals surface area contributed by atoms with E-state index >= 15 is 0 Å². The van der Waals surface area contributed by atoms with Crippen LogP contribution in [-0.2, 0) is 20.6 Å². The van der Waals surface area contributed by atoms with E-state index in [2.05, 4.69) is 9.98 Å². The average molecular weight is 435 g/mol. The lowest BCUT2D eigenvalue weighted by atomic mass is 10.2. The van der Waals surface area contributed by atoms with Gasteiger partial charge in [0, 0.05) is 6.20 Å². The minimum Gasteiger partial charge on any atom is -0.506 e. The Labute approximate surface area is 161 Å². The number of pyridine rings is 1.